The monoisotopic (exact) mass is 548 g/mol. The lowest BCUT2D eigenvalue weighted by atomic mass is 9.81. The number of aromatic nitrogens is 6. The Labute approximate surface area is 219 Å². The first-order valence-electron chi connectivity index (χ1n) is 11.9. The predicted octanol–water partition coefficient (Wildman–Crippen LogP) is 4.18. The van der Waals surface area contributed by atoms with Crippen LogP contribution in [0.1, 0.15) is 54.4 Å². The topological polar surface area (TPSA) is 106 Å². The molecule has 0 radical (unpaired) electrons. The summed E-state index contributed by atoms with van der Waals surface area (Å²) < 4.78 is 73.2. The van der Waals surface area contributed by atoms with Crippen molar-refractivity contribution in [3.63, 3.8) is 0 Å². The molecule has 1 saturated heterocycles. The maximum Gasteiger partial charge on any atom is 0.350 e. The van der Waals surface area contributed by atoms with E-state index in [9.17, 15) is 22.4 Å². The number of halogens is 4. The summed E-state index contributed by atoms with van der Waals surface area (Å²) >= 11 is 0. The average molecular weight is 548 g/mol. The van der Waals surface area contributed by atoms with Crippen LogP contribution in [-0.2, 0) is 21.5 Å². The summed E-state index contributed by atoms with van der Waals surface area (Å²) in [6, 6.07) is 6.67. The van der Waals surface area contributed by atoms with Crippen LogP contribution in [0.5, 0.6) is 5.75 Å². The van der Waals surface area contributed by atoms with Gasteiger partial charge in [-0.2, -0.15) is 8.78 Å². The summed E-state index contributed by atoms with van der Waals surface area (Å²) in [5.74, 6) is -2.80. The van der Waals surface area contributed by atoms with Crippen LogP contribution in [0, 0.1) is 18.6 Å². The number of hydrogen-bond donors (Lipinski definition) is 0. The first kappa shape index (κ1) is 26.7. The Balaban J connectivity index is 1.46. The average Bonchev–Trinajstić information content (AvgIpc) is 3.51. The number of fused-ring (bicyclic) bond motifs is 1. The number of aryl methyl sites for hydroxylation is 1. The van der Waals surface area contributed by atoms with Gasteiger partial charge in [-0.1, -0.05) is 10.9 Å². The van der Waals surface area contributed by atoms with Crippen LogP contribution in [0.4, 0.5) is 17.6 Å². The standard InChI is InChI=1S/C25H24F4N6O4/c1-14-20(34-9-5-8-19(21(34)30-14)37-11-15-16(26)6-4-7-17(15)27)18(36)10-25(12-38-24(2,3)39-13-25)22-31-33-35(32-22)23(28)29/h4-9,23H,10-13H2,1-3H3. The van der Waals surface area contributed by atoms with E-state index in [0.717, 1.165) is 12.1 Å². The summed E-state index contributed by atoms with van der Waals surface area (Å²) in [7, 11) is 0. The number of benzene rings is 1. The van der Waals surface area contributed by atoms with E-state index in [2.05, 4.69) is 20.4 Å². The smallest absolute Gasteiger partial charge is 0.350 e. The van der Waals surface area contributed by atoms with Gasteiger partial charge in [-0.25, -0.2) is 13.8 Å². The van der Waals surface area contributed by atoms with E-state index in [1.165, 1.54) is 10.5 Å². The highest BCUT2D eigenvalue weighted by atomic mass is 19.3. The number of pyridine rings is 1. The molecule has 4 aromatic rings. The number of rotatable bonds is 8. The minimum Gasteiger partial charge on any atom is -0.485 e. The molecular formula is C25H24F4N6O4. The molecule has 0 saturated carbocycles. The summed E-state index contributed by atoms with van der Waals surface area (Å²) in [4.78, 5) is 18.3. The fourth-order valence-electron chi connectivity index (χ4n) is 4.35. The number of ketones is 1. The molecule has 1 aliphatic rings. The Morgan fingerprint density at radius 3 is 2.46 bits per heavy atom. The molecule has 0 unspecified atom stereocenters. The van der Waals surface area contributed by atoms with E-state index in [1.54, 1.807) is 39.1 Å². The van der Waals surface area contributed by atoms with Gasteiger partial charge in [-0.15, -0.1) is 10.2 Å². The van der Waals surface area contributed by atoms with Gasteiger partial charge in [0, 0.05) is 12.6 Å². The van der Waals surface area contributed by atoms with E-state index in [4.69, 9.17) is 14.2 Å². The molecule has 5 rings (SSSR count). The van der Waals surface area contributed by atoms with Gasteiger partial charge in [0.1, 0.15) is 23.9 Å². The summed E-state index contributed by atoms with van der Waals surface area (Å²) in [6.45, 7) is 1.41. The van der Waals surface area contributed by atoms with Crippen LogP contribution in [0.25, 0.3) is 5.65 Å². The molecule has 0 atom stereocenters. The summed E-state index contributed by atoms with van der Waals surface area (Å²) in [6.07, 6.45) is 1.33. The lowest BCUT2D eigenvalue weighted by Crippen LogP contribution is -2.51. The number of imidazole rings is 1. The zero-order valence-corrected chi connectivity index (χ0v) is 21.2. The quantitative estimate of drug-likeness (QED) is 0.239. The number of nitrogens with zero attached hydrogens (tertiary/aromatic N) is 6. The predicted molar refractivity (Wildman–Crippen MR) is 126 cm³/mol. The third kappa shape index (κ3) is 5.08. The second-order valence-electron chi connectivity index (χ2n) is 9.67. The molecular weight excluding hydrogens is 524 g/mol. The van der Waals surface area contributed by atoms with E-state index >= 15 is 0 Å². The van der Waals surface area contributed by atoms with Gasteiger partial charge in [-0.3, -0.25) is 9.20 Å². The van der Waals surface area contributed by atoms with Crippen LogP contribution in [0.3, 0.4) is 0 Å². The van der Waals surface area contributed by atoms with Gasteiger partial charge < -0.3 is 14.2 Å². The Bertz CT molecular complexity index is 1510. The maximum atomic E-state index is 14.1. The molecule has 1 fully saturated rings. The molecule has 1 aliphatic heterocycles. The van der Waals surface area contributed by atoms with Crippen LogP contribution in [0.15, 0.2) is 36.5 Å². The second-order valence-corrected chi connectivity index (χ2v) is 9.67. The van der Waals surface area contributed by atoms with Crippen LogP contribution in [0.2, 0.25) is 0 Å². The Morgan fingerprint density at radius 1 is 1.13 bits per heavy atom. The van der Waals surface area contributed by atoms with Gasteiger partial charge >= 0.3 is 6.55 Å². The molecule has 4 heterocycles. The number of carbonyl (C=O) groups is 1. The van der Waals surface area contributed by atoms with E-state index < -0.39 is 41.8 Å². The van der Waals surface area contributed by atoms with Crippen LogP contribution >= 0.6 is 0 Å². The highest BCUT2D eigenvalue weighted by Crippen LogP contribution is 2.36. The number of carbonyl (C=O) groups excluding carboxylic acids is 1. The molecule has 39 heavy (non-hydrogen) atoms. The molecule has 0 N–H and O–H groups in total. The number of Topliss-reactive ketones (excluding diaryl/α,β-unsaturated/α-hetero) is 1. The van der Waals surface area contributed by atoms with Crippen molar-refractivity contribution in [2.75, 3.05) is 13.2 Å². The second kappa shape index (κ2) is 10.0. The van der Waals surface area contributed by atoms with Gasteiger partial charge in [0.25, 0.3) is 0 Å². The Hall–Kier alpha value is -3.91. The number of hydrogen-bond acceptors (Lipinski definition) is 8. The zero-order chi connectivity index (χ0) is 27.9. The number of alkyl halides is 2. The normalized spacial score (nSPS) is 16.6. The lowest BCUT2D eigenvalue weighted by Gasteiger charge is -2.41. The van der Waals surface area contributed by atoms with Crippen molar-refractivity contribution < 1.29 is 36.6 Å². The fraction of sp³-hybridized carbons (Fsp3) is 0.400. The molecule has 0 bridgehead atoms. The third-order valence-electron chi connectivity index (χ3n) is 6.45. The minimum absolute atomic E-state index is 0.0843. The van der Waals surface area contributed by atoms with Crippen molar-refractivity contribution >= 4 is 11.4 Å². The molecule has 10 nitrogen and oxygen atoms in total. The Kier molecular flexibility index (Phi) is 6.84. The van der Waals surface area contributed by atoms with Crippen molar-refractivity contribution in [1.29, 1.82) is 0 Å². The van der Waals surface area contributed by atoms with Gasteiger partial charge in [0.05, 0.1) is 29.9 Å². The fourth-order valence-corrected chi connectivity index (χ4v) is 4.35. The van der Waals surface area contributed by atoms with Crippen LogP contribution in [-0.4, -0.2) is 54.4 Å². The molecule has 206 valence electrons. The first-order chi connectivity index (χ1) is 18.5. The van der Waals surface area contributed by atoms with Crippen molar-refractivity contribution in [2.24, 2.45) is 0 Å². The van der Waals surface area contributed by atoms with Crippen molar-refractivity contribution in [1.82, 2.24) is 29.6 Å². The molecule has 0 amide bonds. The largest absolute Gasteiger partial charge is 0.485 e. The molecule has 3 aromatic heterocycles. The van der Waals surface area contributed by atoms with Crippen molar-refractivity contribution in [3.8, 4) is 5.75 Å². The van der Waals surface area contributed by atoms with Crippen molar-refractivity contribution in [3.05, 3.63) is 70.9 Å². The van der Waals surface area contributed by atoms with E-state index in [1.807, 2.05) is 0 Å². The molecule has 14 heteroatoms. The number of tetrazole rings is 1. The van der Waals surface area contributed by atoms with Crippen molar-refractivity contribution in [2.45, 2.75) is 51.6 Å². The third-order valence-corrected chi connectivity index (χ3v) is 6.45. The first-order valence-corrected chi connectivity index (χ1v) is 11.9. The van der Waals surface area contributed by atoms with E-state index in [-0.39, 0.29) is 52.9 Å². The lowest BCUT2D eigenvalue weighted by molar-refractivity contribution is -0.270. The molecule has 1 aromatic carbocycles. The minimum atomic E-state index is -3.02. The highest BCUT2D eigenvalue weighted by Gasteiger charge is 2.47. The number of ether oxygens (including phenoxy) is 3. The van der Waals surface area contributed by atoms with Gasteiger partial charge in [-0.05, 0) is 50.3 Å². The Morgan fingerprint density at radius 2 is 1.82 bits per heavy atom. The van der Waals surface area contributed by atoms with Gasteiger partial charge in [0.15, 0.2) is 28.8 Å². The summed E-state index contributed by atoms with van der Waals surface area (Å²) in [5.41, 5.74) is -0.746. The van der Waals surface area contributed by atoms with Gasteiger partial charge in [0.2, 0.25) is 0 Å². The molecule has 0 aliphatic carbocycles. The maximum absolute atomic E-state index is 14.1. The summed E-state index contributed by atoms with van der Waals surface area (Å²) in [5, 5.41) is 10.9. The van der Waals surface area contributed by atoms with Crippen LogP contribution < -0.4 is 4.74 Å². The highest BCUT2D eigenvalue weighted by molar-refractivity contribution is 5.97. The van der Waals surface area contributed by atoms with E-state index in [0.29, 0.717) is 5.69 Å². The zero-order valence-electron chi connectivity index (χ0n) is 21.2. The SMILES string of the molecule is Cc1nc2c(OCc3c(F)cccc3F)cccn2c1C(=O)CC1(c2nnn(C(F)F)n2)COC(C)(C)OC1. The molecule has 0 spiro atoms.